The normalized spacial score (nSPS) is 20.1. The van der Waals surface area contributed by atoms with Crippen LogP contribution < -0.4 is 10.2 Å². The van der Waals surface area contributed by atoms with Crippen molar-refractivity contribution in [1.29, 1.82) is 0 Å². The molecule has 1 N–H and O–H groups in total. The lowest BCUT2D eigenvalue weighted by molar-refractivity contribution is -0.121. The summed E-state index contributed by atoms with van der Waals surface area (Å²) >= 11 is 2.75. The van der Waals surface area contributed by atoms with Crippen LogP contribution in [0, 0.1) is 13.8 Å². The molecule has 1 atom stereocenters. The number of thioether (sulfide) groups is 1. The maximum atomic E-state index is 13.4. The van der Waals surface area contributed by atoms with E-state index in [9.17, 15) is 14.4 Å². The van der Waals surface area contributed by atoms with Gasteiger partial charge in [0.2, 0.25) is 5.91 Å². The second-order valence-electron chi connectivity index (χ2n) is 6.75. The number of fused-ring (bicyclic) bond motifs is 3. The number of nitrogens with zero attached hydrogens (tertiary/aromatic N) is 1. The zero-order chi connectivity index (χ0) is 20.1. The number of esters is 1. The first-order chi connectivity index (χ1) is 13.4. The van der Waals surface area contributed by atoms with Crippen molar-refractivity contribution in [2.45, 2.75) is 43.4 Å². The van der Waals surface area contributed by atoms with E-state index in [4.69, 9.17) is 4.74 Å². The highest BCUT2D eigenvalue weighted by Gasteiger charge is 2.57. The highest BCUT2D eigenvalue weighted by molar-refractivity contribution is 8.02. The summed E-state index contributed by atoms with van der Waals surface area (Å²) in [5.74, 6) is -0.790. The number of ether oxygens (including phenoxy) is 1. The first-order valence-corrected chi connectivity index (χ1v) is 10.7. The Hall–Kier alpha value is -2.32. The minimum atomic E-state index is -1.02. The first kappa shape index (κ1) is 19.0. The number of rotatable bonds is 4. The number of para-hydroxylation sites is 1. The van der Waals surface area contributed by atoms with Gasteiger partial charge in [0.25, 0.3) is 5.91 Å². The fourth-order valence-corrected chi connectivity index (χ4v) is 6.12. The van der Waals surface area contributed by atoms with Gasteiger partial charge in [0.15, 0.2) is 4.87 Å². The van der Waals surface area contributed by atoms with Gasteiger partial charge >= 0.3 is 5.97 Å². The molecular weight excluding hydrogens is 396 g/mol. The van der Waals surface area contributed by atoms with Gasteiger partial charge in [0, 0.05) is 16.2 Å². The van der Waals surface area contributed by atoms with Gasteiger partial charge in [-0.15, -0.1) is 11.3 Å². The lowest BCUT2D eigenvalue weighted by Crippen LogP contribution is -2.49. The largest absolute Gasteiger partial charge is 0.462 e. The predicted molar refractivity (Wildman–Crippen MR) is 110 cm³/mol. The van der Waals surface area contributed by atoms with E-state index < -0.39 is 10.8 Å². The van der Waals surface area contributed by atoms with Crippen LogP contribution in [-0.4, -0.2) is 29.3 Å². The average molecular weight is 417 g/mol. The standard InChI is InChI=1S/C20H20N2O4S2/c1-4-26-18(24)16-11(2)12(3)27-17(16)21-19(25)20-10-9-15(23)22(20)13-7-5-6-8-14(13)28-20/h5-8H,4,9-10H2,1-3H3,(H,21,25). The van der Waals surface area contributed by atoms with Crippen molar-refractivity contribution < 1.29 is 19.1 Å². The van der Waals surface area contributed by atoms with Crippen LogP contribution in [-0.2, 0) is 14.3 Å². The molecule has 2 aliphatic rings. The van der Waals surface area contributed by atoms with Gasteiger partial charge in [0.1, 0.15) is 5.00 Å². The number of anilines is 2. The number of nitrogens with one attached hydrogen (secondary N) is 1. The van der Waals surface area contributed by atoms with Crippen LogP contribution in [0.15, 0.2) is 29.2 Å². The molecule has 2 aliphatic heterocycles. The average Bonchev–Trinajstić information content (AvgIpc) is 3.26. The molecule has 0 bridgehead atoms. The van der Waals surface area contributed by atoms with Crippen molar-refractivity contribution >= 4 is 51.6 Å². The van der Waals surface area contributed by atoms with Crippen molar-refractivity contribution in [3.8, 4) is 0 Å². The molecule has 28 heavy (non-hydrogen) atoms. The fourth-order valence-electron chi connectivity index (χ4n) is 3.66. The van der Waals surface area contributed by atoms with E-state index in [0.717, 1.165) is 21.0 Å². The zero-order valence-corrected chi connectivity index (χ0v) is 17.5. The summed E-state index contributed by atoms with van der Waals surface area (Å²) in [5, 5.41) is 3.41. The molecule has 0 radical (unpaired) electrons. The first-order valence-electron chi connectivity index (χ1n) is 9.08. The molecule has 3 heterocycles. The van der Waals surface area contributed by atoms with Gasteiger partial charge in [-0.05, 0) is 44.9 Å². The van der Waals surface area contributed by atoms with Crippen LogP contribution in [0.2, 0.25) is 0 Å². The quantitative estimate of drug-likeness (QED) is 0.759. The number of amides is 2. The van der Waals surface area contributed by atoms with E-state index in [1.54, 1.807) is 11.8 Å². The van der Waals surface area contributed by atoms with Crippen molar-refractivity contribution in [2.24, 2.45) is 0 Å². The van der Waals surface area contributed by atoms with E-state index in [1.807, 2.05) is 38.1 Å². The molecule has 1 fully saturated rings. The molecule has 6 nitrogen and oxygen atoms in total. The van der Waals surface area contributed by atoms with Crippen molar-refractivity contribution in [1.82, 2.24) is 0 Å². The number of hydrogen-bond donors (Lipinski definition) is 1. The Bertz CT molecular complexity index is 1000. The molecule has 1 aromatic carbocycles. The second kappa shape index (κ2) is 6.93. The number of thiophene rings is 1. The highest BCUT2D eigenvalue weighted by Crippen LogP contribution is 2.56. The lowest BCUT2D eigenvalue weighted by atomic mass is 10.1. The summed E-state index contributed by atoms with van der Waals surface area (Å²) in [6.07, 6.45) is 0.747. The summed E-state index contributed by atoms with van der Waals surface area (Å²) in [7, 11) is 0. The molecule has 8 heteroatoms. The molecule has 1 unspecified atom stereocenters. The molecule has 4 rings (SSSR count). The minimum Gasteiger partial charge on any atom is -0.462 e. The van der Waals surface area contributed by atoms with E-state index in [0.29, 0.717) is 23.4 Å². The van der Waals surface area contributed by atoms with E-state index in [2.05, 4.69) is 5.32 Å². The minimum absolute atomic E-state index is 0.0586. The number of carbonyl (C=O) groups excluding carboxylic acids is 3. The van der Waals surface area contributed by atoms with E-state index in [-0.39, 0.29) is 18.4 Å². The zero-order valence-electron chi connectivity index (χ0n) is 15.8. The van der Waals surface area contributed by atoms with Crippen LogP contribution in [0.1, 0.15) is 40.6 Å². The highest BCUT2D eigenvalue weighted by atomic mass is 32.2. The molecule has 1 aromatic heterocycles. The third kappa shape index (κ3) is 2.74. The summed E-state index contributed by atoms with van der Waals surface area (Å²) in [6, 6.07) is 7.55. The van der Waals surface area contributed by atoms with E-state index >= 15 is 0 Å². The van der Waals surface area contributed by atoms with Gasteiger partial charge in [-0.3, -0.25) is 14.5 Å². The Kier molecular flexibility index (Phi) is 4.71. The van der Waals surface area contributed by atoms with Crippen molar-refractivity contribution in [3.63, 3.8) is 0 Å². The molecule has 0 saturated carbocycles. The van der Waals surface area contributed by atoms with Gasteiger partial charge in [-0.2, -0.15) is 0 Å². The van der Waals surface area contributed by atoms with E-state index in [1.165, 1.54) is 23.1 Å². The number of aryl methyl sites for hydroxylation is 1. The molecule has 2 amide bonds. The van der Waals surface area contributed by atoms with Crippen LogP contribution in [0.25, 0.3) is 0 Å². The molecule has 0 spiro atoms. The summed E-state index contributed by atoms with van der Waals surface area (Å²) in [5.41, 5.74) is 1.97. The van der Waals surface area contributed by atoms with Gasteiger partial charge in [-0.25, -0.2) is 4.79 Å². The Balaban J connectivity index is 1.69. The summed E-state index contributed by atoms with van der Waals surface area (Å²) in [6.45, 7) is 5.76. The smallest absolute Gasteiger partial charge is 0.341 e. The topological polar surface area (TPSA) is 75.7 Å². The number of carbonyl (C=O) groups is 3. The van der Waals surface area contributed by atoms with Crippen LogP contribution in [0.3, 0.4) is 0 Å². The van der Waals surface area contributed by atoms with Crippen LogP contribution in [0.5, 0.6) is 0 Å². The lowest BCUT2D eigenvalue weighted by Gasteiger charge is -2.29. The number of benzene rings is 1. The summed E-state index contributed by atoms with van der Waals surface area (Å²) < 4.78 is 5.17. The van der Waals surface area contributed by atoms with Crippen LogP contribution in [0.4, 0.5) is 10.7 Å². The Morgan fingerprint density at radius 1 is 1.29 bits per heavy atom. The van der Waals surface area contributed by atoms with Gasteiger partial charge in [0.05, 0.1) is 17.9 Å². The third-order valence-corrected chi connectivity index (χ3v) is 7.72. The Morgan fingerprint density at radius 2 is 2.04 bits per heavy atom. The Morgan fingerprint density at radius 3 is 2.79 bits per heavy atom. The van der Waals surface area contributed by atoms with Crippen molar-refractivity contribution in [2.75, 3.05) is 16.8 Å². The molecule has 146 valence electrons. The second-order valence-corrected chi connectivity index (χ2v) is 9.29. The third-order valence-electron chi connectivity index (χ3n) is 5.12. The van der Waals surface area contributed by atoms with Crippen LogP contribution >= 0.6 is 23.1 Å². The molecule has 2 aromatic rings. The molecule has 1 saturated heterocycles. The summed E-state index contributed by atoms with van der Waals surface area (Å²) in [4.78, 5) is 40.8. The fraction of sp³-hybridized carbons (Fsp3) is 0.350. The number of hydrogen-bond acceptors (Lipinski definition) is 6. The maximum Gasteiger partial charge on any atom is 0.341 e. The van der Waals surface area contributed by atoms with Crippen molar-refractivity contribution in [3.05, 3.63) is 40.3 Å². The van der Waals surface area contributed by atoms with Gasteiger partial charge < -0.3 is 10.1 Å². The monoisotopic (exact) mass is 416 g/mol. The Labute approximate surface area is 171 Å². The molecular formula is C20H20N2O4S2. The molecule has 0 aliphatic carbocycles. The maximum absolute atomic E-state index is 13.4. The SMILES string of the molecule is CCOC(=O)c1c(NC(=O)C23CCC(=O)N2c2ccccc2S3)sc(C)c1C. The van der Waals surface area contributed by atoms with Gasteiger partial charge in [-0.1, -0.05) is 23.9 Å². The predicted octanol–water partition coefficient (Wildman–Crippen LogP) is 4.11.